The number of carbonyl (C=O) groups excluding carboxylic acids is 3. The van der Waals surface area contributed by atoms with E-state index in [1.54, 1.807) is 19.1 Å². The van der Waals surface area contributed by atoms with Crippen molar-refractivity contribution < 1.29 is 23.5 Å². The van der Waals surface area contributed by atoms with Crippen LogP contribution in [0.4, 0.5) is 0 Å². The number of benzene rings is 2. The molecule has 0 aliphatic rings. The van der Waals surface area contributed by atoms with Crippen LogP contribution in [0.2, 0.25) is 0 Å². The van der Waals surface area contributed by atoms with E-state index in [-0.39, 0.29) is 12.2 Å². The second kappa shape index (κ2) is 9.17. The number of carbonyl (C=O) groups is 3. The third-order valence-corrected chi connectivity index (χ3v) is 4.63. The Hall–Kier alpha value is -3.74. The number of ether oxygens (including phenoxy) is 1. The second-order valence-corrected chi connectivity index (χ2v) is 6.80. The van der Waals surface area contributed by atoms with Crippen molar-refractivity contribution in [2.24, 2.45) is 0 Å². The predicted molar refractivity (Wildman–Crippen MR) is 110 cm³/mol. The molecular formula is C23H22N2O5. The van der Waals surface area contributed by atoms with Crippen LogP contribution in [-0.4, -0.2) is 35.8 Å². The van der Waals surface area contributed by atoms with Crippen molar-refractivity contribution in [1.29, 1.82) is 0 Å². The molecule has 1 heterocycles. The number of hydrogen-bond acceptors (Lipinski definition) is 6. The quantitative estimate of drug-likeness (QED) is 0.478. The van der Waals surface area contributed by atoms with E-state index in [9.17, 15) is 14.4 Å². The van der Waals surface area contributed by atoms with Crippen molar-refractivity contribution in [2.75, 3.05) is 7.11 Å². The fourth-order valence-electron chi connectivity index (χ4n) is 3.13. The maximum atomic E-state index is 13.0. The lowest BCUT2D eigenvalue weighted by atomic mass is 10.0. The standard InChI is InChI=1S/C23H22N2O5/c1-14-9-7-8-12-17(14)19-21(30-15(2)24-19)22(27)25-18(20(26)23(28)29-3)13-16-10-5-4-6-11-16/h4-12,18H,13H2,1-3H3,(H,25,27). The molecular weight excluding hydrogens is 384 g/mol. The minimum absolute atomic E-state index is 0.0162. The Balaban J connectivity index is 1.92. The topological polar surface area (TPSA) is 98.5 Å². The molecule has 3 aromatic rings. The zero-order valence-corrected chi connectivity index (χ0v) is 17.0. The van der Waals surface area contributed by atoms with Crippen molar-refractivity contribution in [3.8, 4) is 11.3 Å². The molecule has 0 fully saturated rings. The fraction of sp³-hybridized carbons (Fsp3) is 0.217. The monoisotopic (exact) mass is 406 g/mol. The Kier molecular flexibility index (Phi) is 6.41. The van der Waals surface area contributed by atoms with E-state index in [1.165, 1.54) is 0 Å². The third-order valence-electron chi connectivity index (χ3n) is 4.63. The minimum atomic E-state index is -1.11. The number of ketones is 1. The van der Waals surface area contributed by atoms with E-state index in [0.29, 0.717) is 11.6 Å². The van der Waals surface area contributed by atoms with Crippen LogP contribution in [0.5, 0.6) is 0 Å². The Morgan fingerprint density at radius 3 is 2.37 bits per heavy atom. The summed E-state index contributed by atoms with van der Waals surface area (Å²) in [6.07, 6.45) is 0.132. The lowest BCUT2D eigenvalue weighted by molar-refractivity contribution is -0.152. The van der Waals surface area contributed by atoms with Gasteiger partial charge in [-0.2, -0.15) is 0 Å². The van der Waals surface area contributed by atoms with Gasteiger partial charge < -0.3 is 14.5 Å². The number of nitrogens with zero attached hydrogens (tertiary/aromatic N) is 1. The molecule has 0 bridgehead atoms. The summed E-state index contributed by atoms with van der Waals surface area (Å²) in [6, 6.07) is 15.4. The van der Waals surface area contributed by atoms with E-state index in [4.69, 9.17) is 4.42 Å². The highest BCUT2D eigenvalue weighted by molar-refractivity contribution is 6.36. The highest BCUT2D eigenvalue weighted by Gasteiger charge is 2.31. The second-order valence-electron chi connectivity index (χ2n) is 6.80. The van der Waals surface area contributed by atoms with Gasteiger partial charge in [0.2, 0.25) is 5.76 Å². The first kappa shape index (κ1) is 21.0. The molecule has 30 heavy (non-hydrogen) atoms. The predicted octanol–water partition coefficient (Wildman–Crippen LogP) is 3.04. The summed E-state index contributed by atoms with van der Waals surface area (Å²) < 4.78 is 10.1. The summed E-state index contributed by atoms with van der Waals surface area (Å²) >= 11 is 0. The maximum Gasteiger partial charge on any atom is 0.376 e. The van der Waals surface area contributed by atoms with Crippen molar-refractivity contribution >= 4 is 17.7 Å². The van der Waals surface area contributed by atoms with Crippen LogP contribution in [0.1, 0.15) is 27.6 Å². The lowest BCUT2D eigenvalue weighted by Gasteiger charge is -2.16. The third kappa shape index (κ3) is 4.63. The minimum Gasteiger partial charge on any atom is -0.463 e. The number of esters is 1. The van der Waals surface area contributed by atoms with Gasteiger partial charge in [0.05, 0.1) is 7.11 Å². The van der Waals surface area contributed by atoms with Gasteiger partial charge in [0.1, 0.15) is 11.7 Å². The first-order chi connectivity index (χ1) is 14.4. The van der Waals surface area contributed by atoms with Gasteiger partial charge in [0.15, 0.2) is 5.89 Å². The van der Waals surface area contributed by atoms with Crippen molar-refractivity contribution in [3.05, 3.63) is 77.4 Å². The lowest BCUT2D eigenvalue weighted by Crippen LogP contribution is -2.45. The first-order valence-electron chi connectivity index (χ1n) is 9.41. The smallest absolute Gasteiger partial charge is 0.376 e. The molecule has 0 aliphatic heterocycles. The van der Waals surface area contributed by atoms with Crippen LogP contribution in [0.15, 0.2) is 59.0 Å². The van der Waals surface area contributed by atoms with Crippen molar-refractivity contribution in [1.82, 2.24) is 10.3 Å². The number of rotatable bonds is 7. The summed E-state index contributed by atoms with van der Waals surface area (Å²) in [7, 11) is 1.12. The molecule has 1 aromatic heterocycles. The van der Waals surface area contributed by atoms with Crippen molar-refractivity contribution in [2.45, 2.75) is 26.3 Å². The molecule has 0 spiro atoms. The van der Waals surface area contributed by atoms with Crippen LogP contribution in [0.3, 0.4) is 0 Å². The van der Waals surface area contributed by atoms with Gasteiger partial charge in [-0.05, 0) is 18.1 Å². The molecule has 2 aromatic carbocycles. The molecule has 3 rings (SSSR count). The van der Waals surface area contributed by atoms with E-state index in [0.717, 1.165) is 23.8 Å². The molecule has 0 radical (unpaired) electrons. The highest BCUT2D eigenvalue weighted by Crippen LogP contribution is 2.27. The first-order valence-corrected chi connectivity index (χ1v) is 9.41. The van der Waals surface area contributed by atoms with Gasteiger partial charge in [-0.15, -0.1) is 0 Å². The SMILES string of the molecule is COC(=O)C(=O)C(Cc1ccccc1)NC(=O)c1oc(C)nc1-c1ccccc1C. The van der Waals surface area contributed by atoms with Gasteiger partial charge in [-0.3, -0.25) is 9.59 Å². The number of aryl methyl sites for hydroxylation is 2. The molecule has 1 unspecified atom stereocenters. The van der Waals surface area contributed by atoms with Gasteiger partial charge in [-0.25, -0.2) is 9.78 Å². The molecule has 1 amide bonds. The van der Waals surface area contributed by atoms with Crippen LogP contribution in [0.25, 0.3) is 11.3 Å². The highest BCUT2D eigenvalue weighted by atomic mass is 16.5. The largest absolute Gasteiger partial charge is 0.463 e. The molecule has 154 valence electrons. The van der Waals surface area contributed by atoms with E-state index < -0.39 is 23.7 Å². The Morgan fingerprint density at radius 2 is 1.70 bits per heavy atom. The van der Waals surface area contributed by atoms with E-state index in [2.05, 4.69) is 15.0 Å². The number of hydrogen-bond donors (Lipinski definition) is 1. The van der Waals surface area contributed by atoms with Crippen LogP contribution < -0.4 is 5.32 Å². The zero-order chi connectivity index (χ0) is 21.7. The Bertz CT molecular complexity index is 1070. The molecule has 0 saturated heterocycles. The molecule has 7 heteroatoms. The van der Waals surface area contributed by atoms with Crippen LogP contribution in [-0.2, 0) is 20.7 Å². The summed E-state index contributed by atoms with van der Waals surface area (Å²) in [5, 5.41) is 2.62. The molecule has 0 saturated carbocycles. The van der Waals surface area contributed by atoms with E-state index >= 15 is 0 Å². The summed E-state index contributed by atoms with van der Waals surface area (Å²) in [6.45, 7) is 3.54. The molecule has 1 N–H and O–H groups in total. The number of Topliss-reactive ketones (excluding diaryl/α,β-unsaturated/α-hetero) is 1. The number of nitrogens with one attached hydrogen (secondary N) is 1. The van der Waals surface area contributed by atoms with Gasteiger partial charge in [0.25, 0.3) is 11.7 Å². The summed E-state index contributed by atoms with van der Waals surface area (Å²) in [4.78, 5) is 41.7. The number of methoxy groups -OCH3 is 1. The maximum absolute atomic E-state index is 13.0. The normalized spacial score (nSPS) is 11.6. The average molecular weight is 406 g/mol. The van der Waals surface area contributed by atoms with Crippen molar-refractivity contribution in [3.63, 3.8) is 0 Å². The number of oxazole rings is 1. The zero-order valence-electron chi connectivity index (χ0n) is 17.0. The Morgan fingerprint density at radius 1 is 1.03 bits per heavy atom. The number of amides is 1. The van der Waals surface area contributed by atoms with E-state index in [1.807, 2.05) is 49.4 Å². The van der Waals surface area contributed by atoms with Gasteiger partial charge in [-0.1, -0.05) is 54.6 Å². The molecule has 1 atom stereocenters. The van der Waals surface area contributed by atoms with Crippen LogP contribution >= 0.6 is 0 Å². The van der Waals surface area contributed by atoms with Crippen LogP contribution in [0, 0.1) is 13.8 Å². The Labute approximate surface area is 174 Å². The number of aromatic nitrogens is 1. The fourth-order valence-corrected chi connectivity index (χ4v) is 3.13. The molecule has 7 nitrogen and oxygen atoms in total. The summed E-state index contributed by atoms with van der Waals surface area (Å²) in [5.74, 6) is -2.20. The van der Waals surface area contributed by atoms with Gasteiger partial charge in [0, 0.05) is 18.9 Å². The average Bonchev–Trinajstić information content (AvgIpc) is 3.14. The van der Waals surface area contributed by atoms with Gasteiger partial charge >= 0.3 is 5.97 Å². The molecule has 0 aliphatic carbocycles. The summed E-state index contributed by atoms with van der Waals surface area (Å²) in [5.41, 5.74) is 2.84.